The minimum absolute atomic E-state index is 0.206. The molecule has 5 nitrogen and oxygen atoms in total. The average Bonchev–Trinajstić information content (AvgIpc) is 2.50. The SMILES string of the molecule is Cc1ccc(C(=O)OC(C)C(=O)NC2CCCCC2)cc1N. The fourth-order valence-corrected chi connectivity index (χ4v) is 2.62. The van der Waals surface area contributed by atoms with Crippen molar-refractivity contribution in [3.05, 3.63) is 29.3 Å². The van der Waals surface area contributed by atoms with Gasteiger partial charge >= 0.3 is 5.97 Å². The van der Waals surface area contributed by atoms with E-state index >= 15 is 0 Å². The summed E-state index contributed by atoms with van der Waals surface area (Å²) in [5.74, 6) is -0.765. The second-order valence-electron chi connectivity index (χ2n) is 5.96. The molecule has 1 amide bonds. The molecule has 0 saturated heterocycles. The van der Waals surface area contributed by atoms with E-state index in [0.717, 1.165) is 31.2 Å². The van der Waals surface area contributed by atoms with Crippen molar-refractivity contribution in [2.75, 3.05) is 5.73 Å². The molecule has 1 aromatic rings. The number of amides is 1. The van der Waals surface area contributed by atoms with Crippen LogP contribution in [0.5, 0.6) is 0 Å². The second-order valence-corrected chi connectivity index (χ2v) is 5.96. The van der Waals surface area contributed by atoms with Gasteiger partial charge in [0.25, 0.3) is 5.91 Å². The first-order chi connectivity index (χ1) is 10.5. The first-order valence-corrected chi connectivity index (χ1v) is 7.85. The summed E-state index contributed by atoms with van der Waals surface area (Å²) in [6, 6.07) is 5.19. The van der Waals surface area contributed by atoms with Gasteiger partial charge in [-0.25, -0.2) is 4.79 Å². The van der Waals surface area contributed by atoms with Gasteiger partial charge in [-0.05, 0) is 44.4 Å². The molecule has 2 rings (SSSR count). The van der Waals surface area contributed by atoms with Gasteiger partial charge in [-0.2, -0.15) is 0 Å². The van der Waals surface area contributed by atoms with Crippen LogP contribution in [0.3, 0.4) is 0 Å². The van der Waals surface area contributed by atoms with E-state index < -0.39 is 12.1 Å². The van der Waals surface area contributed by atoms with Crippen molar-refractivity contribution in [2.24, 2.45) is 0 Å². The predicted molar refractivity (Wildman–Crippen MR) is 85.5 cm³/mol. The molecule has 0 radical (unpaired) electrons. The van der Waals surface area contributed by atoms with Gasteiger partial charge in [0.2, 0.25) is 0 Å². The monoisotopic (exact) mass is 304 g/mol. The Morgan fingerprint density at radius 2 is 1.95 bits per heavy atom. The van der Waals surface area contributed by atoms with Crippen molar-refractivity contribution in [3.8, 4) is 0 Å². The number of aryl methyl sites for hydroxylation is 1. The number of rotatable bonds is 4. The van der Waals surface area contributed by atoms with Crippen molar-refractivity contribution in [3.63, 3.8) is 0 Å². The first-order valence-electron chi connectivity index (χ1n) is 7.85. The molecule has 0 heterocycles. The van der Waals surface area contributed by atoms with Crippen molar-refractivity contribution >= 4 is 17.6 Å². The Morgan fingerprint density at radius 3 is 2.59 bits per heavy atom. The first kappa shape index (κ1) is 16.3. The molecule has 1 aromatic carbocycles. The zero-order valence-electron chi connectivity index (χ0n) is 13.2. The van der Waals surface area contributed by atoms with Crippen LogP contribution in [0, 0.1) is 6.92 Å². The third kappa shape index (κ3) is 4.23. The molecule has 1 fully saturated rings. The summed E-state index contributed by atoms with van der Waals surface area (Å²) < 4.78 is 5.23. The highest BCUT2D eigenvalue weighted by molar-refractivity contribution is 5.93. The van der Waals surface area contributed by atoms with Crippen LogP contribution in [0.2, 0.25) is 0 Å². The molecule has 1 saturated carbocycles. The van der Waals surface area contributed by atoms with E-state index in [2.05, 4.69) is 5.32 Å². The van der Waals surface area contributed by atoms with E-state index in [4.69, 9.17) is 10.5 Å². The van der Waals surface area contributed by atoms with Gasteiger partial charge in [-0.15, -0.1) is 0 Å². The molecule has 0 aromatic heterocycles. The summed E-state index contributed by atoms with van der Waals surface area (Å²) in [6.45, 7) is 3.46. The molecule has 0 bridgehead atoms. The lowest BCUT2D eigenvalue weighted by Gasteiger charge is -2.24. The molecule has 1 aliphatic rings. The minimum atomic E-state index is -0.808. The van der Waals surface area contributed by atoms with E-state index in [1.807, 2.05) is 6.92 Å². The maximum Gasteiger partial charge on any atom is 0.338 e. The normalized spacial score (nSPS) is 16.8. The van der Waals surface area contributed by atoms with Gasteiger partial charge in [0, 0.05) is 11.7 Å². The molecule has 3 N–H and O–H groups in total. The number of ether oxygens (including phenoxy) is 1. The number of nitrogens with two attached hydrogens (primary N) is 1. The average molecular weight is 304 g/mol. The van der Waals surface area contributed by atoms with Crippen LogP contribution in [0.15, 0.2) is 18.2 Å². The van der Waals surface area contributed by atoms with Crippen molar-refractivity contribution in [1.29, 1.82) is 0 Å². The molecular weight excluding hydrogens is 280 g/mol. The summed E-state index contributed by atoms with van der Waals surface area (Å²) in [6.07, 6.45) is 4.70. The van der Waals surface area contributed by atoms with E-state index in [1.54, 1.807) is 25.1 Å². The lowest BCUT2D eigenvalue weighted by atomic mass is 9.95. The maximum atomic E-state index is 12.1. The molecule has 0 spiro atoms. The van der Waals surface area contributed by atoms with Gasteiger partial charge in [0.1, 0.15) is 0 Å². The van der Waals surface area contributed by atoms with E-state index in [0.29, 0.717) is 11.3 Å². The third-order valence-electron chi connectivity index (χ3n) is 4.12. The number of anilines is 1. The molecule has 1 unspecified atom stereocenters. The Balaban J connectivity index is 1.89. The number of carbonyl (C=O) groups is 2. The summed E-state index contributed by atoms with van der Waals surface area (Å²) in [5.41, 5.74) is 7.59. The lowest BCUT2D eigenvalue weighted by Crippen LogP contribution is -2.42. The van der Waals surface area contributed by atoms with Gasteiger partial charge in [-0.3, -0.25) is 4.79 Å². The van der Waals surface area contributed by atoms with Crippen LogP contribution in [0.25, 0.3) is 0 Å². The Bertz CT molecular complexity index is 551. The third-order valence-corrected chi connectivity index (χ3v) is 4.12. The standard InChI is InChI=1S/C17H24N2O3/c1-11-8-9-13(10-15(11)18)17(21)22-12(2)16(20)19-14-6-4-3-5-7-14/h8-10,12,14H,3-7,18H2,1-2H3,(H,19,20). The summed E-state index contributed by atoms with van der Waals surface area (Å²) >= 11 is 0. The van der Waals surface area contributed by atoms with Gasteiger partial charge in [0.05, 0.1) is 5.56 Å². The molecule has 22 heavy (non-hydrogen) atoms. The summed E-state index contributed by atoms with van der Waals surface area (Å²) in [7, 11) is 0. The highest BCUT2D eigenvalue weighted by atomic mass is 16.5. The van der Waals surface area contributed by atoms with Crippen LogP contribution in [0.1, 0.15) is 54.9 Å². The number of nitrogens with one attached hydrogen (secondary N) is 1. The molecular formula is C17H24N2O3. The number of carbonyl (C=O) groups excluding carboxylic acids is 2. The molecule has 120 valence electrons. The van der Waals surface area contributed by atoms with Crippen molar-refractivity contribution in [2.45, 2.75) is 58.1 Å². The number of esters is 1. The van der Waals surface area contributed by atoms with Crippen molar-refractivity contribution in [1.82, 2.24) is 5.32 Å². The number of benzene rings is 1. The summed E-state index contributed by atoms with van der Waals surface area (Å²) in [4.78, 5) is 24.1. The van der Waals surface area contributed by atoms with Crippen LogP contribution in [-0.4, -0.2) is 24.0 Å². The maximum absolute atomic E-state index is 12.1. The van der Waals surface area contributed by atoms with E-state index in [-0.39, 0.29) is 11.9 Å². The zero-order valence-corrected chi connectivity index (χ0v) is 13.2. The van der Waals surface area contributed by atoms with Crippen LogP contribution in [0.4, 0.5) is 5.69 Å². The van der Waals surface area contributed by atoms with Crippen LogP contribution in [-0.2, 0) is 9.53 Å². The Labute approximate surface area is 131 Å². The van der Waals surface area contributed by atoms with Gasteiger partial charge in [-0.1, -0.05) is 25.3 Å². The fraction of sp³-hybridized carbons (Fsp3) is 0.529. The zero-order chi connectivity index (χ0) is 16.1. The minimum Gasteiger partial charge on any atom is -0.449 e. The van der Waals surface area contributed by atoms with Crippen LogP contribution < -0.4 is 11.1 Å². The Morgan fingerprint density at radius 1 is 1.27 bits per heavy atom. The van der Waals surface area contributed by atoms with Gasteiger partial charge < -0.3 is 15.8 Å². The van der Waals surface area contributed by atoms with Crippen molar-refractivity contribution < 1.29 is 14.3 Å². The van der Waals surface area contributed by atoms with E-state index in [1.165, 1.54) is 6.42 Å². The fourth-order valence-electron chi connectivity index (χ4n) is 2.62. The van der Waals surface area contributed by atoms with E-state index in [9.17, 15) is 9.59 Å². The molecule has 1 atom stereocenters. The molecule has 0 aliphatic heterocycles. The highest BCUT2D eigenvalue weighted by Crippen LogP contribution is 2.18. The topological polar surface area (TPSA) is 81.4 Å². The predicted octanol–water partition coefficient (Wildman–Crippen LogP) is 2.57. The number of hydrogen-bond donors (Lipinski definition) is 2. The number of hydrogen-bond acceptors (Lipinski definition) is 4. The lowest BCUT2D eigenvalue weighted by molar-refractivity contribution is -0.130. The smallest absolute Gasteiger partial charge is 0.338 e. The van der Waals surface area contributed by atoms with Crippen LogP contribution >= 0.6 is 0 Å². The number of nitrogen functional groups attached to an aromatic ring is 1. The largest absolute Gasteiger partial charge is 0.449 e. The Hall–Kier alpha value is -2.04. The molecule has 1 aliphatic carbocycles. The molecule has 5 heteroatoms. The summed E-state index contributed by atoms with van der Waals surface area (Å²) in [5, 5.41) is 2.96. The van der Waals surface area contributed by atoms with Gasteiger partial charge in [0.15, 0.2) is 6.10 Å². The quantitative estimate of drug-likeness (QED) is 0.661. The second kappa shape index (κ2) is 7.29. The highest BCUT2D eigenvalue weighted by Gasteiger charge is 2.22. The Kier molecular flexibility index (Phi) is 5.41.